The summed E-state index contributed by atoms with van der Waals surface area (Å²) >= 11 is 0. The molecule has 20 heavy (non-hydrogen) atoms. The van der Waals surface area contributed by atoms with Gasteiger partial charge in [-0.2, -0.15) is 0 Å². The van der Waals surface area contributed by atoms with Crippen molar-refractivity contribution in [1.29, 1.82) is 0 Å². The van der Waals surface area contributed by atoms with Crippen LogP contribution in [0.5, 0.6) is 0 Å². The maximum atomic E-state index is 12.9. The minimum Gasteiger partial charge on any atom is -0.465 e. The van der Waals surface area contributed by atoms with Gasteiger partial charge in [0, 0.05) is 19.3 Å². The van der Waals surface area contributed by atoms with Gasteiger partial charge < -0.3 is 15.0 Å². The third kappa shape index (κ3) is 4.20. The van der Waals surface area contributed by atoms with E-state index >= 15 is 0 Å². The molecule has 4 nitrogen and oxygen atoms in total. The predicted octanol–water partition coefficient (Wildman–Crippen LogP) is 2.19. The van der Waals surface area contributed by atoms with Crippen LogP contribution in [0.15, 0.2) is 24.3 Å². The van der Waals surface area contributed by atoms with Crippen LogP contribution in [0.2, 0.25) is 0 Å². The average molecular weight is 282 g/mol. The molecule has 1 rings (SSSR count). The van der Waals surface area contributed by atoms with Crippen LogP contribution in [0.1, 0.15) is 20.8 Å². The summed E-state index contributed by atoms with van der Waals surface area (Å²) in [5.41, 5.74) is 0.0493. The van der Waals surface area contributed by atoms with E-state index in [9.17, 15) is 9.18 Å². The molecule has 0 aliphatic heterocycles. The molecule has 0 fully saturated rings. The number of hydrogen-bond donors (Lipinski definition) is 1. The molecule has 0 amide bonds. The van der Waals surface area contributed by atoms with Crippen molar-refractivity contribution in [2.24, 2.45) is 0 Å². The van der Waals surface area contributed by atoms with E-state index in [0.717, 1.165) is 5.69 Å². The fourth-order valence-corrected chi connectivity index (χ4v) is 2.13. The molecule has 0 radical (unpaired) electrons. The molecule has 0 heterocycles. The van der Waals surface area contributed by atoms with Crippen molar-refractivity contribution in [3.05, 3.63) is 30.1 Å². The minimum absolute atomic E-state index is 0.276. The molecule has 1 N–H and O–H groups in total. The number of carbonyl (C=O) groups excluding carboxylic acids is 1. The Kier molecular flexibility index (Phi) is 5.95. The smallest absolute Gasteiger partial charge is 0.327 e. The second-order valence-electron chi connectivity index (χ2n) is 4.92. The first-order chi connectivity index (χ1) is 9.42. The Hall–Kier alpha value is -1.62. The van der Waals surface area contributed by atoms with E-state index in [-0.39, 0.29) is 11.8 Å². The van der Waals surface area contributed by atoms with E-state index < -0.39 is 5.54 Å². The summed E-state index contributed by atoms with van der Waals surface area (Å²) in [5, 5.41) is 3.17. The Morgan fingerprint density at radius 1 is 1.35 bits per heavy atom. The zero-order valence-electron chi connectivity index (χ0n) is 12.6. The number of halogens is 1. The van der Waals surface area contributed by atoms with Crippen LogP contribution in [0.4, 0.5) is 10.1 Å². The molecule has 0 aliphatic rings. The minimum atomic E-state index is -0.798. The number of carbonyl (C=O) groups is 1. The van der Waals surface area contributed by atoms with E-state index in [4.69, 9.17) is 4.74 Å². The highest BCUT2D eigenvalue weighted by atomic mass is 19.1. The first-order valence-electron chi connectivity index (χ1n) is 6.82. The van der Waals surface area contributed by atoms with Crippen molar-refractivity contribution < 1.29 is 13.9 Å². The first-order valence-corrected chi connectivity index (χ1v) is 6.82. The lowest BCUT2D eigenvalue weighted by atomic mass is 10.0. The topological polar surface area (TPSA) is 41.6 Å². The van der Waals surface area contributed by atoms with Gasteiger partial charge in [0.25, 0.3) is 0 Å². The van der Waals surface area contributed by atoms with Gasteiger partial charge in [-0.05, 0) is 44.7 Å². The van der Waals surface area contributed by atoms with Gasteiger partial charge in [0.15, 0.2) is 0 Å². The Morgan fingerprint density at radius 3 is 2.45 bits per heavy atom. The molecule has 1 aromatic rings. The number of hydrogen-bond acceptors (Lipinski definition) is 4. The van der Waals surface area contributed by atoms with E-state index in [1.165, 1.54) is 12.1 Å². The van der Waals surface area contributed by atoms with Crippen LogP contribution in [0.3, 0.4) is 0 Å². The quantitative estimate of drug-likeness (QED) is 0.778. The number of esters is 1. The van der Waals surface area contributed by atoms with Gasteiger partial charge in [-0.15, -0.1) is 0 Å². The number of rotatable bonds is 7. The number of likely N-dealkylation sites (N-methyl/N-ethyl adjacent to an activating group) is 2. The van der Waals surface area contributed by atoms with Gasteiger partial charge in [0.1, 0.15) is 11.4 Å². The number of ether oxygens (including phenoxy) is 1. The summed E-state index contributed by atoms with van der Waals surface area (Å²) in [7, 11) is 1.86. The Balaban J connectivity index is 2.83. The summed E-state index contributed by atoms with van der Waals surface area (Å²) in [5.74, 6) is -0.558. The monoisotopic (exact) mass is 282 g/mol. The van der Waals surface area contributed by atoms with Crippen molar-refractivity contribution in [3.8, 4) is 0 Å². The van der Waals surface area contributed by atoms with Crippen molar-refractivity contribution in [2.75, 3.05) is 31.6 Å². The Bertz CT molecular complexity index is 436. The van der Waals surface area contributed by atoms with Crippen LogP contribution < -0.4 is 10.2 Å². The van der Waals surface area contributed by atoms with Crippen molar-refractivity contribution in [2.45, 2.75) is 26.3 Å². The summed E-state index contributed by atoms with van der Waals surface area (Å²) < 4.78 is 18.1. The normalized spacial score (nSPS) is 13.7. The zero-order valence-corrected chi connectivity index (χ0v) is 12.6. The molecule has 0 spiro atoms. The highest BCUT2D eigenvalue weighted by Gasteiger charge is 2.35. The van der Waals surface area contributed by atoms with Crippen LogP contribution >= 0.6 is 0 Å². The standard InChI is InChI=1S/C15H23FN2O2/c1-5-17-15(3,14(19)20-6-2)11-18(4)13-9-7-12(16)8-10-13/h7-10,17H,5-6,11H2,1-4H3. The van der Waals surface area contributed by atoms with Crippen LogP contribution in [0, 0.1) is 5.82 Å². The van der Waals surface area contributed by atoms with Crippen LogP contribution in [-0.2, 0) is 9.53 Å². The molecule has 1 unspecified atom stereocenters. The molecular weight excluding hydrogens is 259 g/mol. The van der Waals surface area contributed by atoms with Gasteiger partial charge in [-0.1, -0.05) is 6.92 Å². The van der Waals surface area contributed by atoms with Gasteiger partial charge in [-0.25, -0.2) is 9.18 Å². The summed E-state index contributed by atoms with van der Waals surface area (Å²) in [6, 6.07) is 6.18. The van der Waals surface area contributed by atoms with Crippen molar-refractivity contribution >= 4 is 11.7 Å². The summed E-state index contributed by atoms with van der Waals surface area (Å²) in [6.07, 6.45) is 0. The highest BCUT2D eigenvalue weighted by molar-refractivity contribution is 5.81. The van der Waals surface area contributed by atoms with Crippen molar-refractivity contribution in [3.63, 3.8) is 0 Å². The molecule has 112 valence electrons. The first kappa shape index (κ1) is 16.4. The second kappa shape index (κ2) is 7.24. The van der Waals surface area contributed by atoms with E-state index in [0.29, 0.717) is 19.7 Å². The lowest BCUT2D eigenvalue weighted by Crippen LogP contribution is -2.57. The number of benzene rings is 1. The van der Waals surface area contributed by atoms with Gasteiger partial charge in [0.2, 0.25) is 0 Å². The molecule has 0 bridgehead atoms. The molecule has 0 saturated heterocycles. The summed E-state index contributed by atoms with van der Waals surface area (Å²) in [6.45, 7) is 6.98. The number of nitrogens with zero attached hydrogens (tertiary/aromatic N) is 1. The Morgan fingerprint density at radius 2 is 1.95 bits per heavy atom. The van der Waals surface area contributed by atoms with Gasteiger partial charge in [0.05, 0.1) is 6.61 Å². The zero-order chi connectivity index (χ0) is 15.2. The van der Waals surface area contributed by atoms with Crippen LogP contribution in [0.25, 0.3) is 0 Å². The van der Waals surface area contributed by atoms with E-state index in [1.54, 1.807) is 19.1 Å². The number of nitrogens with one attached hydrogen (secondary N) is 1. The largest absolute Gasteiger partial charge is 0.465 e. The maximum Gasteiger partial charge on any atom is 0.327 e. The third-order valence-corrected chi connectivity index (χ3v) is 3.11. The molecule has 0 aliphatic carbocycles. The molecular formula is C15H23FN2O2. The maximum absolute atomic E-state index is 12.9. The van der Waals surface area contributed by atoms with Gasteiger partial charge >= 0.3 is 5.97 Å². The fourth-order valence-electron chi connectivity index (χ4n) is 2.13. The predicted molar refractivity (Wildman–Crippen MR) is 78.4 cm³/mol. The second-order valence-corrected chi connectivity index (χ2v) is 4.92. The van der Waals surface area contributed by atoms with Crippen LogP contribution in [-0.4, -0.2) is 38.3 Å². The van der Waals surface area contributed by atoms with Crippen molar-refractivity contribution in [1.82, 2.24) is 5.32 Å². The molecule has 5 heteroatoms. The molecule has 0 saturated carbocycles. The van der Waals surface area contributed by atoms with E-state index in [2.05, 4.69) is 5.32 Å². The molecule has 0 aromatic heterocycles. The SMILES string of the molecule is CCNC(C)(CN(C)c1ccc(F)cc1)C(=O)OCC. The summed E-state index contributed by atoms with van der Waals surface area (Å²) in [4.78, 5) is 14.0. The Labute approximate surface area is 119 Å². The third-order valence-electron chi connectivity index (χ3n) is 3.11. The molecule has 1 atom stereocenters. The lowest BCUT2D eigenvalue weighted by molar-refractivity contribution is -0.150. The van der Waals surface area contributed by atoms with Gasteiger partial charge in [-0.3, -0.25) is 0 Å². The number of anilines is 1. The average Bonchev–Trinajstić information content (AvgIpc) is 2.39. The van der Waals surface area contributed by atoms with E-state index in [1.807, 2.05) is 25.8 Å². The lowest BCUT2D eigenvalue weighted by Gasteiger charge is -2.33. The molecule has 1 aromatic carbocycles. The fraction of sp³-hybridized carbons (Fsp3) is 0.533. The highest BCUT2D eigenvalue weighted by Crippen LogP contribution is 2.17.